The molecule has 1 saturated heterocycles. The maximum atomic E-state index is 13.0. The first kappa shape index (κ1) is 14.3. The predicted octanol–water partition coefficient (Wildman–Crippen LogP) is 4.13. The first-order valence-corrected chi connectivity index (χ1v) is 8.36. The van der Waals surface area contributed by atoms with E-state index in [1.54, 1.807) is 17.5 Å². The molecule has 0 N–H and O–H groups in total. The average Bonchev–Trinajstić information content (AvgIpc) is 3.01. The van der Waals surface area contributed by atoms with Crippen LogP contribution in [0.1, 0.15) is 42.1 Å². The number of likely N-dealkylation sites (tertiary alicyclic amines) is 1. The molecule has 1 fully saturated rings. The first-order valence-electron chi connectivity index (χ1n) is 7.48. The molecule has 110 valence electrons. The van der Waals surface area contributed by atoms with Gasteiger partial charge >= 0.3 is 0 Å². The highest BCUT2D eigenvalue weighted by molar-refractivity contribution is 7.13. The van der Waals surface area contributed by atoms with Gasteiger partial charge in [-0.1, -0.05) is 17.7 Å². The Morgan fingerprint density at radius 3 is 2.95 bits per heavy atom. The number of aromatic nitrogens is 1. The number of rotatable bonds is 2. The fourth-order valence-electron chi connectivity index (χ4n) is 2.93. The molecule has 1 aromatic heterocycles. The van der Waals surface area contributed by atoms with Gasteiger partial charge < -0.3 is 4.90 Å². The van der Waals surface area contributed by atoms with Crippen LogP contribution in [0.5, 0.6) is 0 Å². The van der Waals surface area contributed by atoms with Crippen LogP contribution >= 0.6 is 11.3 Å². The highest BCUT2D eigenvalue weighted by Crippen LogP contribution is 2.29. The van der Waals surface area contributed by atoms with Gasteiger partial charge in [0.15, 0.2) is 0 Å². The molecular formula is C17H20N2OS. The topological polar surface area (TPSA) is 33.2 Å². The lowest BCUT2D eigenvalue weighted by atomic mass is 9.99. The van der Waals surface area contributed by atoms with E-state index in [-0.39, 0.29) is 5.91 Å². The molecule has 2 aromatic rings. The van der Waals surface area contributed by atoms with E-state index in [1.165, 1.54) is 6.42 Å². The van der Waals surface area contributed by atoms with Crippen LogP contribution in [-0.2, 0) is 0 Å². The summed E-state index contributed by atoms with van der Waals surface area (Å²) in [5, 5.41) is 2.87. The Balaban J connectivity index is 2.00. The molecular weight excluding hydrogens is 280 g/mol. The third-order valence-corrected chi connectivity index (χ3v) is 4.94. The van der Waals surface area contributed by atoms with Gasteiger partial charge in [-0.15, -0.1) is 11.3 Å². The number of benzene rings is 1. The normalized spacial score (nSPS) is 18.8. The second kappa shape index (κ2) is 5.98. The molecule has 1 aliphatic heterocycles. The van der Waals surface area contributed by atoms with Crippen LogP contribution in [0.15, 0.2) is 29.8 Å². The van der Waals surface area contributed by atoms with Gasteiger partial charge in [-0.05, 0) is 39.2 Å². The Kier molecular flexibility index (Phi) is 4.06. The van der Waals surface area contributed by atoms with Crippen LogP contribution in [0.4, 0.5) is 0 Å². The molecule has 0 saturated carbocycles. The van der Waals surface area contributed by atoms with Gasteiger partial charge in [0.25, 0.3) is 5.91 Å². The van der Waals surface area contributed by atoms with Gasteiger partial charge in [0, 0.05) is 29.7 Å². The van der Waals surface area contributed by atoms with Crippen molar-refractivity contribution in [2.75, 3.05) is 6.54 Å². The highest BCUT2D eigenvalue weighted by Gasteiger charge is 2.26. The van der Waals surface area contributed by atoms with Gasteiger partial charge in [0.05, 0.1) is 5.56 Å². The Morgan fingerprint density at radius 1 is 1.38 bits per heavy atom. The van der Waals surface area contributed by atoms with Crippen molar-refractivity contribution in [3.63, 3.8) is 0 Å². The van der Waals surface area contributed by atoms with Crippen molar-refractivity contribution in [2.24, 2.45) is 0 Å². The van der Waals surface area contributed by atoms with Crippen molar-refractivity contribution >= 4 is 17.2 Å². The minimum absolute atomic E-state index is 0.149. The van der Waals surface area contributed by atoms with Crippen LogP contribution in [0.3, 0.4) is 0 Å². The van der Waals surface area contributed by atoms with Crippen LogP contribution < -0.4 is 0 Å². The van der Waals surface area contributed by atoms with Crippen LogP contribution in [-0.4, -0.2) is 28.4 Å². The fraction of sp³-hybridized carbons (Fsp3) is 0.412. The molecule has 0 spiro atoms. The van der Waals surface area contributed by atoms with E-state index in [9.17, 15) is 4.79 Å². The summed E-state index contributed by atoms with van der Waals surface area (Å²) in [5.74, 6) is 0.149. The summed E-state index contributed by atoms with van der Waals surface area (Å²) < 4.78 is 0. The summed E-state index contributed by atoms with van der Waals surface area (Å²) in [6.07, 6.45) is 5.22. The van der Waals surface area contributed by atoms with E-state index in [2.05, 4.69) is 11.9 Å². The number of amides is 1. The Hall–Kier alpha value is -1.68. The van der Waals surface area contributed by atoms with Crippen molar-refractivity contribution in [3.8, 4) is 10.6 Å². The number of carbonyl (C=O) groups excluding carboxylic acids is 1. The van der Waals surface area contributed by atoms with Crippen molar-refractivity contribution in [2.45, 2.75) is 39.2 Å². The minimum atomic E-state index is 0.149. The maximum absolute atomic E-state index is 13.0. The zero-order chi connectivity index (χ0) is 14.8. The van der Waals surface area contributed by atoms with Crippen LogP contribution in [0.25, 0.3) is 10.6 Å². The summed E-state index contributed by atoms with van der Waals surface area (Å²) in [5.41, 5.74) is 2.86. The van der Waals surface area contributed by atoms with Crippen molar-refractivity contribution < 1.29 is 4.79 Å². The molecule has 3 rings (SSSR count). The zero-order valence-corrected chi connectivity index (χ0v) is 13.3. The Labute approximate surface area is 129 Å². The van der Waals surface area contributed by atoms with Crippen LogP contribution in [0, 0.1) is 6.92 Å². The molecule has 1 amide bonds. The van der Waals surface area contributed by atoms with Crippen LogP contribution in [0.2, 0.25) is 0 Å². The fourth-order valence-corrected chi connectivity index (χ4v) is 3.61. The molecule has 0 aliphatic carbocycles. The number of thiazole rings is 1. The third kappa shape index (κ3) is 2.86. The molecule has 21 heavy (non-hydrogen) atoms. The lowest BCUT2D eigenvalue weighted by Crippen LogP contribution is -2.42. The number of hydrogen-bond donors (Lipinski definition) is 0. The lowest BCUT2D eigenvalue weighted by Gasteiger charge is -2.34. The smallest absolute Gasteiger partial charge is 0.254 e. The Bertz CT molecular complexity index is 636. The summed E-state index contributed by atoms with van der Waals surface area (Å²) in [7, 11) is 0. The van der Waals surface area contributed by atoms with Gasteiger partial charge in [0.2, 0.25) is 0 Å². The quantitative estimate of drug-likeness (QED) is 0.835. The zero-order valence-electron chi connectivity index (χ0n) is 12.5. The number of hydrogen-bond acceptors (Lipinski definition) is 3. The summed E-state index contributed by atoms with van der Waals surface area (Å²) in [6, 6.07) is 6.40. The molecule has 3 nitrogen and oxygen atoms in total. The summed E-state index contributed by atoms with van der Waals surface area (Å²) in [6.45, 7) is 5.04. The molecule has 2 heterocycles. The standard InChI is InChI=1S/C17H20N2OS/c1-12-6-7-14(16-18-8-10-21-16)15(11-12)17(20)19-9-4-3-5-13(19)2/h6-8,10-11,13H,3-5,9H2,1-2H3. The highest BCUT2D eigenvalue weighted by atomic mass is 32.1. The van der Waals surface area contributed by atoms with E-state index in [4.69, 9.17) is 0 Å². The number of nitrogens with zero attached hydrogens (tertiary/aromatic N) is 2. The average molecular weight is 300 g/mol. The predicted molar refractivity (Wildman–Crippen MR) is 86.6 cm³/mol. The van der Waals surface area contributed by atoms with Crippen molar-refractivity contribution in [1.29, 1.82) is 0 Å². The van der Waals surface area contributed by atoms with Gasteiger partial charge in [-0.2, -0.15) is 0 Å². The SMILES string of the molecule is Cc1ccc(-c2nccs2)c(C(=O)N2CCCCC2C)c1. The first-order chi connectivity index (χ1) is 10.2. The summed E-state index contributed by atoms with van der Waals surface area (Å²) in [4.78, 5) is 19.4. The number of carbonyl (C=O) groups is 1. The minimum Gasteiger partial charge on any atom is -0.336 e. The van der Waals surface area contributed by atoms with E-state index in [1.807, 2.05) is 35.4 Å². The second-order valence-electron chi connectivity index (χ2n) is 5.73. The molecule has 1 aromatic carbocycles. The van der Waals surface area contributed by atoms with Gasteiger partial charge in [-0.25, -0.2) is 4.98 Å². The number of aryl methyl sites for hydroxylation is 1. The third-order valence-electron chi connectivity index (χ3n) is 4.13. The van der Waals surface area contributed by atoms with E-state index in [0.29, 0.717) is 6.04 Å². The maximum Gasteiger partial charge on any atom is 0.254 e. The van der Waals surface area contributed by atoms with Crippen molar-refractivity contribution in [1.82, 2.24) is 9.88 Å². The monoisotopic (exact) mass is 300 g/mol. The second-order valence-corrected chi connectivity index (χ2v) is 6.62. The molecule has 1 unspecified atom stereocenters. The summed E-state index contributed by atoms with van der Waals surface area (Å²) >= 11 is 1.58. The van der Waals surface area contributed by atoms with E-state index in [0.717, 1.165) is 41.1 Å². The molecule has 0 bridgehead atoms. The van der Waals surface area contributed by atoms with E-state index >= 15 is 0 Å². The van der Waals surface area contributed by atoms with Crippen molar-refractivity contribution in [3.05, 3.63) is 40.9 Å². The molecule has 1 atom stereocenters. The largest absolute Gasteiger partial charge is 0.336 e. The molecule has 1 aliphatic rings. The van der Waals surface area contributed by atoms with E-state index < -0.39 is 0 Å². The lowest BCUT2D eigenvalue weighted by molar-refractivity contribution is 0.0636. The molecule has 4 heteroatoms. The molecule has 0 radical (unpaired) electrons. The Morgan fingerprint density at radius 2 is 2.24 bits per heavy atom. The van der Waals surface area contributed by atoms with Gasteiger partial charge in [0.1, 0.15) is 5.01 Å². The number of piperidine rings is 1. The van der Waals surface area contributed by atoms with Gasteiger partial charge in [-0.3, -0.25) is 4.79 Å².